The summed E-state index contributed by atoms with van der Waals surface area (Å²) in [6.45, 7) is 2.05. The van der Waals surface area contributed by atoms with Gasteiger partial charge in [-0.3, -0.25) is 0 Å². The van der Waals surface area contributed by atoms with Crippen LogP contribution in [-0.2, 0) is 4.74 Å². The zero-order valence-electron chi connectivity index (χ0n) is 8.02. The summed E-state index contributed by atoms with van der Waals surface area (Å²) in [5.74, 6) is 0. The lowest BCUT2D eigenvalue weighted by Crippen LogP contribution is -2.28. The molecule has 3 heteroatoms. The highest BCUT2D eigenvalue weighted by Gasteiger charge is 2.23. The SMILES string of the molecule is OC1CNCCOC1c1ccccc1. The van der Waals surface area contributed by atoms with Crippen molar-refractivity contribution >= 4 is 0 Å². The third-order valence-electron chi connectivity index (χ3n) is 2.41. The van der Waals surface area contributed by atoms with Crippen LogP contribution >= 0.6 is 0 Å². The van der Waals surface area contributed by atoms with Crippen molar-refractivity contribution in [2.24, 2.45) is 0 Å². The van der Waals surface area contributed by atoms with E-state index >= 15 is 0 Å². The molecule has 1 saturated heterocycles. The third kappa shape index (κ3) is 2.12. The van der Waals surface area contributed by atoms with Crippen molar-refractivity contribution in [2.75, 3.05) is 19.7 Å². The summed E-state index contributed by atoms with van der Waals surface area (Å²) in [4.78, 5) is 0. The number of nitrogens with one attached hydrogen (secondary N) is 1. The number of aliphatic hydroxyl groups is 1. The van der Waals surface area contributed by atoms with Crippen molar-refractivity contribution in [3.63, 3.8) is 0 Å². The lowest BCUT2D eigenvalue weighted by atomic mass is 10.0. The van der Waals surface area contributed by atoms with Crippen LogP contribution in [0.25, 0.3) is 0 Å². The minimum atomic E-state index is -0.458. The average molecular weight is 193 g/mol. The Morgan fingerprint density at radius 2 is 2.07 bits per heavy atom. The predicted octanol–water partition coefficient (Wildman–Crippen LogP) is 0.708. The van der Waals surface area contributed by atoms with E-state index in [0.29, 0.717) is 13.2 Å². The van der Waals surface area contributed by atoms with Gasteiger partial charge >= 0.3 is 0 Å². The van der Waals surface area contributed by atoms with Crippen molar-refractivity contribution in [1.82, 2.24) is 5.32 Å². The molecule has 1 aliphatic heterocycles. The van der Waals surface area contributed by atoms with E-state index in [-0.39, 0.29) is 6.10 Å². The number of hydrogen-bond acceptors (Lipinski definition) is 3. The standard InChI is InChI=1S/C11H15NO2/c13-10-8-12-6-7-14-11(10)9-4-2-1-3-5-9/h1-5,10-13H,6-8H2. The van der Waals surface area contributed by atoms with Gasteiger partial charge in [0.15, 0.2) is 0 Å². The van der Waals surface area contributed by atoms with Crippen molar-refractivity contribution in [3.8, 4) is 0 Å². The zero-order chi connectivity index (χ0) is 9.80. The second kappa shape index (κ2) is 4.55. The van der Waals surface area contributed by atoms with E-state index in [2.05, 4.69) is 5.32 Å². The average Bonchev–Trinajstić information content (AvgIpc) is 2.44. The van der Waals surface area contributed by atoms with Crippen molar-refractivity contribution in [3.05, 3.63) is 35.9 Å². The Hall–Kier alpha value is -0.900. The fraction of sp³-hybridized carbons (Fsp3) is 0.455. The molecule has 76 valence electrons. The smallest absolute Gasteiger partial charge is 0.110 e. The predicted molar refractivity (Wildman–Crippen MR) is 54.0 cm³/mol. The second-order valence-electron chi connectivity index (χ2n) is 3.47. The fourth-order valence-electron chi connectivity index (χ4n) is 1.69. The molecule has 0 radical (unpaired) electrons. The topological polar surface area (TPSA) is 41.5 Å². The Morgan fingerprint density at radius 3 is 2.86 bits per heavy atom. The van der Waals surface area contributed by atoms with Crippen LogP contribution in [0.1, 0.15) is 11.7 Å². The summed E-state index contributed by atoms with van der Waals surface area (Å²) < 4.78 is 5.59. The van der Waals surface area contributed by atoms with Gasteiger partial charge in [-0.25, -0.2) is 0 Å². The molecule has 1 aromatic carbocycles. The van der Waals surface area contributed by atoms with Gasteiger partial charge < -0.3 is 15.2 Å². The molecule has 0 spiro atoms. The summed E-state index contributed by atoms with van der Waals surface area (Å²) in [5, 5.41) is 12.9. The molecule has 0 saturated carbocycles. The van der Waals surface area contributed by atoms with Crippen LogP contribution in [0.5, 0.6) is 0 Å². The molecule has 1 aromatic rings. The first-order chi connectivity index (χ1) is 6.88. The van der Waals surface area contributed by atoms with Crippen LogP contribution in [0.4, 0.5) is 0 Å². The van der Waals surface area contributed by atoms with E-state index in [4.69, 9.17) is 4.74 Å². The van der Waals surface area contributed by atoms with Crippen LogP contribution < -0.4 is 5.32 Å². The van der Waals surface area contributed by atoms with E-state index in [1.165, 1.54) is 0 Å². The van der Waals surface area contributed by atoms with Gasteiger partial charge in [-0.1, -0.05) is 30.3 Å². The van der Waals surface area contributed by atoms with Crippen LogP contribution in [0.2, 0.25) is 0 Å². The van der Waals surface area contributed by atoms with E-state index in [0.717, 1.165) is 12.1 Å². The van der Waals surface area contributed by atoms with E-state index in [1.54, 1.807) is 0 Å². The van der Waals surface area contributed by atoms with Gasteiger partial charge in [-0.2, -0.15) is 0 Å². The molecular formula is C11H15NO2. The summed E-state index contributed by atoms with van der Waals surface area (Å²) in [7, 11) is 0. The molecule has 2 N–H and O–H groups in total. The molecule has 3 nitrogen and oxygen atoms in total. The van der Waals surface area contributed by atoms with Gasteiger partial charge in [0.05, 0.1) is 12.7 Å². The highest BCUT2D eigenvalue weighted by Crippen LogP contribution is 2.21. The van der Waals surface area contributed by atoms with Gasteiger partial charge in [-0.05, 0) is 5.56 Å². The summed E-state index contributed by atoms with van der Waals surface area (Å²) in [6.07, 6.45) is -0.647. The van der Waals surface area contributed by atoms with Crippen molar-refractivity contribution in [2.45, 2.75) is 12.2 Å². The molecule has 14 heavy (non-hydrogen) atoms. The largest absolute Gasteiger partial charge is 0.389 e. The molecule has 1 heterocycles. The van der Waals surface area contributed by atoms with Gasteiger partial charge in [0.1, 0.15) is 6.10 Å². The zero-order valence-corrected chi connectivity index (χ0v) is 8.02. The summed E-state index contributed by atoms with van der Waals surface area (Å²) in [5.41, 5.74) is 1.05. The van der Waals surface area contributed by atoms with Crippen LogP contribution in [0, 0.1) is 0 Å². The Morgan fingerprint density at radius 1 is 1.29 bits per heavy atom. The number of ether oxygens (including phenoxy) is 1. The van der Waals surface area contributed by atoms with Crippen LogP contribution in [0.15, 0.2) is 30.3 Å². The number of benzene rings is 1. The Bertz CT molecular complexity index is 276. The second-order valence-corrected chi connectivity index (χ2v) is 3.47. The molecule has 0 amide bonds. The lowest BCUT2D eigenvalue weighted by Gasteiger charge is -2.20. The molecule has 0 bridgehead atoms. The molecule has 1 fully saturated rings. The number of aliphatic hydroxyl groups excluding tert-OH is 1. The molecule has 0 aliphatic carbocycles. The van der Waals surface area contributed by atoms with E-state index in [1.807, 2.05) is 30.3 Å². The molecular weight excluding hydrogens is 178 g/mol. The third-order valence-corrected chi connectivity index (χ3v) is 2.41. The number of hydrogen-bond donors (Lipinski definition) is 2. The molecule has 0 aromatic heterocycles. The van der Waals surface area contributed by atoms with E-state index in [9.17, 15) is 5.11 Å². The minimum absolute atomic E-state index is 0.189. The first-order valence-electron chi connectivity index (χ1n) is 4.93. The van der Waals surface area contributed by atoms with Gasteiger partial charge in [0.25, 0.3) is 0 Å². The number of rotatable bonds is 1. The minimum Gasteiger partial charge on any atom is -0.389 e. The van der Waals surface area contributed by atoms with Gasteiger partial charge in [0.2, 0.25) is 0 Å². The molecule has 2 rings (SSSR count). The highest BCUT2D eigenvalue weighted by atomic mass is 16.5. The monoisotopic (exact) mass is 193 g/mol. The Kier molecular flexibility index (Phi) is 3.14. The maximum absolute atomic E-state index is 9.81. The van der Waals surface area contributed by atoms with Crippen LogP contribution in [0.3, 0.4) is 0 Å². The van der Waals surface area contributed by atoms with Crippen molar-refractivity contribution in [1.29, 1.82) is 0 Å². The molecule has 1 aliphatic rings. The highest BCUT2D eigenvalue weighted by molar-refractivity contribution is 5.19. The maximum atomic E-state index is 9.81. The Labute approximate surface area is 83.7 Å². The Balaban J connectivity index is 2.15. The van der Waals surface area contributed by atoms with Crippen LogP contribution in [-0.4, -0.2) is 30.9 Å². The van der Waals surface area contributed by atoms with E-state index < -0.39 is 6.10 Å². The summed E-state index contributed by atoms with van der Waals surface area (Å²) in [6, 6.07) is 9.86. The lowest BCUT2D eigenvalue weighted by molar-refractivity contribution is -0.0199. The van der Waals surface area contributed by atoms with Crippen molar-refractivity contribution < 1.29 is 9.84 Å². The first-order valence-corrected chi connectivity index (χ1v) is 4.93. The normalized spacial score (nSPS) is 28.4. The number of β-amino-alcohol motifs (C(OH)–C–C–N with tert-alkyl or cyclic N) is 1. The quantitative estimate of drug-likeness (QED) is 0.690. The summed E-state index contributed by atoms with van der Waals surface area (Å²) >= 11 is 0. The van der Waals surface area contributed by atoms with Gasteiger partial charge in [-0.15, -0.1) is 0 Å². The van der Waals surface area contributed by atoms with Gasteiger partial charge in [0, 0.05) is 13.1 Å². The maximum Gasteiger partial charge on any atom is 0.110 e. The molecule has 2 unspecified atom stereocenters. The fourth-order valence-corrected chi connectivity index (χ4v) is 1.69. The first kappa shape index (κ1) is 9.65. The molecule has 2 atom stereocenters.